The van der Waals surface area contributed by atoms with Crippen LogP contribution in [-0.2, 0) is 4.79 Å². The van der Waals surface area contributed by atoms with Crippen molar-refractivity contribution in [1.82, 2.24) is 5.32 Å². The summed E-state index contributed by atoms with van der Waals surface area (Å²) in [6.07, 6.45) is -0.0817. The molecule has 134 valence electrons. The van der Waals surface area contributed by atoms with Crippen molar-refractivity contribution in [2.24, 2.45) is 0 Å². The van der Waals surface area contributed by atoms with Crippen molar-refractivity contribution in [3.63, 3.8) is 0 Å². The summed E-state index contributed by atoms with van der Waals surface area (Å²) >= 11 is 0. The molecule has 0 aliphatic carbocycles. The maximum Gasteiger partial charge on any atom is 0.261 e. The predicted molar refractivity (Wildman–Crippen MR) is 98.3 cm³/mol. The van der Waals surface area contributed by atoms with Gasteiger partial charge in [0, 0.05) is 0 Å². The number of amides is 1. The average Bonchev–Trinajstić information content (AvgIpc) is 2.57. The maximum atomic E-state index is 13.0. The summed E-state index contributed by atoms with van der Waals surface area (Å²) in [4.78, 5) is 12.6. The first-order valence-corrected chi connectivity index (χ1v) is 8.62. The first-order valence-electron chi connectivity index (χ1n) is 8.62. The normalized spacial score (nSPS) is 13.2. The van der Waals surface area contributed by atoms with E-state index < -0.39 is 6.10 Å². The second kappa shape index (κ2) is 8.15. The average molecular weight is 343 g/mol. The van der Waals surface area contributed by atoms with Crippen LogP contribution in [0, 0.1) is 26.6 Å². The van der Waals surface area contributed by atoms with Gasteiger partial charge in [0.25, 0.3) is 5.91 Å². The number of nitrogens with one attached hydrogen (secondary N) is 1. The van der Waals surface area contributed by atoms with Crippen molar-refractivity contribution in [2.45, 2.75) is 53.2 Å². The van der Waals surface area contributed by atoms with Gasteiger partial charge in [-0.1, -0.05) is 19.1 Å². The Morgan fingerprint density at radius 3 is 2.28 bits per heavy atom. The Bertz CT molecular complexity index is 740. The summed E-state index contributed by atoms with van der Waals surface area (Å²) in [5.74, 6) is -0.0148. The number of halogens is 1. The number of hydrogen-bond donors (Lipinski definition) is 1. The molecule has 1 N–H and O–H groups in total. The van der Waals surface area contributed by atoms with Gasteiger partial charge in [-0.25, -0.2) is 4.39 Å². The number of aryl methyl sites for hydroxylation is 3. The molecule has 1 amide bonds. The van der Waals surface area contributed by atoms with Crippen molar-refractivity contribution in [2.75, 3.05) is 0 Å². The lowest BCUT2D eigenvalue weighted by Crippen LogP contribution is -2.39. The van der Waals surface area contributed by atoms with Gasteiger partial charge in [0.05, 0.1) is 6.04 Å². The van der Waals surface area contributed by atoms with Crippen LogP contribution in [0.5, 0.6) is 5.75 Å². The number of rotatable bonds is 6. The molecule has 4 heteroatoms. The zero-order valence-corrected chi connectivity index (χ0v) is 15.5. The summed E-state index contributed by atoms with van der Waals surface area (Å²) < 4.78 is 18.7. The van der Waals surface area contributed by atoms with E-state index in [2.05, 4.69) is 38.2 Å². The predicted octanol–water partition coefficient (Wildman–Crippen LogP) is 4.79. The Kier molecular flexibility index (Phi) is 6.18. The lowest BCUT2D eigenvalue weighted by Gasteiger charge is -2.22. The highest BCUT2D eigenvalue weighted by Gasteiger charge is 2.21. The molecule has 2 aromatic carbocycles. The molecule has 0 unspecified atom stereocenters. The van der Waals surface area contributed by atoms with Gasteiger partial charge in [0.15, 0.2) is 6.10 Å². The van der Waals surface area contributed by atoms with Gasteiger partial charge in [-0.3, -0.25) is 4.79 Å². The zero-order valence-electron chi connectivity index (χ0n) is 15.5. The Balaban J connectivity index is 2.08. The van der Waals surface area contributed by atoms with E-state index >= 15 is 0 Å². The van der Waals surface area contributed by atoms with Gasteiger partial charge < -0.3 is 10.1 Å². The molecule has 0 spiro atoms. The number of carbonyl (C=O) groups excluding carboxylic acids is 1. The molecule has 2 rings (SSSR count). The first-order chi connectivity index (χ1) is 11.8. The summed E-state index contributed by atoms with van der Waals surface area (Å²) in [7, 11) is 0. The molecule has 0 bridgehead atoms. The second-order valence-electron chi connectivity index (χ2n) is 6.49. The fourth-order valence-electron chi connectivity index (χ4n) is 2.83. The van der Waals surface area contributed by atoms with E-state index in [-0.39, 0.29) is 17.8 Å². The standard InChI is InChI=1S/C21H26FNO2/c1-6-20(25-18-9-7-17(22)8-10-18)21(24)23-16(5)19-12-14(3)13(2)11-15(19)4/h7-12,16,20H,6H2,1-5H3,(H,23,24)/t16-,20+/m1/s1. The van der Waals surface area contributed by atoms with E-state index in [4.69, 9.17) is 4.74 Å². The van der Waals surface area contributed by atoms with Crippen molar-refractivity contribution in [1.29, 1.82) is 0 Å². The van der Waals surface area contributed by atoms with Crippen molar-refractivity contribution >= 4 is 5.91 Å². The highest BCUT2D eigenvalue weighted by Crippen LogP contribution is 2.22. The zero-order chi connectivity index (χ0) is 18.6. The van der Waals surface area contributed by atoms with Gasteiger partial charge in [-0.15, -0.1) is 0 Å². The Morgan fingerprint density at radius 1 is 1.08 bits per heavy atom. The monoisotopic (exact) mass is 343 g/mol. The Labute approximate surface area is 149 Å². The molecular formula is C21H26FNO2. The van der Waals surface area contributed by atoms with Crippen LogP contribution in [0.4, 0.5) is 4.39 Å². The molecule has 0 saturated carbocycles. The molecule has 0 fully saturated rings. The SMILES string of the molecule is CC[C@H](Oc1ccc(F)cc1)C(=O)N[C@H](C)c1cc(C)c(C)cc1C. The fourth-order valence-corrected chi connectivity index (χ4v) is 2.83. The van der Waals surface area contributed by atoms with Crippen LogP contribution in [0.25, 0.3) is 0 Å². The molecule has 0 saturated heterocycles. The van der Waals surface area contributed by atoms with Crippen LogP contribution in [0.2, 0.25) is 0 Å². The molecule has 0 aromatic heterocycles. The molecule has 2 atom stereocenters. The Hall–Kier alpha value is -2.36. The van der Waals surface area contributed by atoms with Gasteiger partial charge in [0.2, 0.25) is 0 Å². The topological polar surface area (TPSA) is 38.3 Å². The lowest BCUT2D eigenvalue weighted by atomic mass is 9.96. The van der Waals surface area contributed by atoms with Crippen LogP contribution in [0.3, 0.4) is 0 Å². The number of hydrogen-bond acceptors (Lipinski definition) is 2. The van der Waals surface area contributed by atoms with Crippen LogP contribution in [0.15, 0.2) is 36.4 Å². The smallest absolute Gasteiger partial charge is 0.261 e. The van der Waals surface area contributed by atoms with E-state index in [9.17, 15) is 9.18 Å². The molecule has 0 aliphatic heterocycles. The molecule has 3 nitrogen and oxygen atoms in total. The minimum Gasteiger partial charge on any atom is -0.481 e. The van der Waals surface area contributed by atoms with Crippen LogP contribution in [-0.4, -0.2) is 12.0 Å². The van der Waals surface area contributed by atoms with Crippen LogP contribution >= 0.6 is 0 Å². The number of carbonyl (C=O) groups is 1. The lowest BCUT2D eigenvalue weighted by molar-refractivity contribution is -0.128. The van der Waals surface area contributed by atoms with Crippen molar-refractivity contribution in [3.8, 4) is 5.75 Å². The third kappa shape index (κ3) is 4.81. The minimum atomic E-state index is -0.611. The summed E-state index contributed by atoms with van der Waals surface area (Å²) in [5.41, 5.74) is 4.71. The first kappa shape index (κ1) is 19.0. The third-order valence-electron chi connectivity index (χ3n) is 4.46. The van der Waals surface area contributed by atoms with Gasteiger partial charge >= 0.3 is 0 Å². The van der Waals surface area contributed by atoms with Crippen molar-refractivity contribution < 1.29 is 13.9 Å². The highest BCUT2D eigenvalue weighted by atomic mass is 19.1. The fraction of sp³-hybridized carbons (Fsp3) is 0.381. The largest absolute Gasteiger partial charge is 0.481 e. The molecule has 0 aliphatic rings. The summed E-state index contributed by atoms with van der Waals surface area (Å²) in [6.45, 7) is 10.1. The molecule has 0 radical (unpaired) electrons. The number of ether oxygens (including phenoxy) is 1. The van der Waals surface area contributed by atoms with Crippen LogP contribution in [0.1, 0.15) is 48.6 Å². The second-order valence-corrected chi connectivity index (χ2v) is 6.49. The van der Waals surface area contributed by atoms with E-state index in [1.165, 1.54) is 35.4 Å². The minimum absolute atomic E-state index is 0.113. The van der Waals surface area contributed by atoms with E-state index in [0.29, 0.717) is 12.2 Å². The van der Waals surface area contributed by atoms with Gasteiger partial charge in [-0.05, 0) is 80.6 Å². The van der Waals surface area contributed by atoms with Gasteiger partial charge in [0.1, 0.15) is 11.6 Å². The molecule has 0 heterocycles. The van der Waals surface area contributed by atoms with Crippen molar-refractivity contribution in [3.05, 3.63) is 64.5 Å². The quantitative estimate of drug-likeness (QED) is 0.819. The maximum absolute atomic E-state index is 13.0. The molecule has 2 aromatic rings. The van der Waals surface area contributed by atoms with Gasteiger partial charge in [-0.2, -0.15) is 0 Å². The van der Waals surface area contributed by atoms with E-state index in [1.54, 1.807) is 0 Å². The molecular weight excluding hydrogens is 317 g/mol. The number of benzene rings is 2. The highest BCUT2D eigenvalue weighted by molar-refractivity contribution is 5.81. The van der Waals surface area contributed by atoms with E-state index in [1.807, 2.05) is 13.8 Å². The van der Waals surface area contributed by atoms with Crippen LogP contribution < -0.4 is 10.1 Å². The molecule has 25 heavy (non-hydrogen) atoms. The third-order valence-corrected chi connectivity index (χ3v) is 4.46. The summed E-state index contributed by atoms with van der Waals surface area (Å²) in [5, 5.41) is 3.03. The Morgan fingerprint density at radius 2 is 1.68 bits per heavy atom. The van der Waals surface area contributed by atoms with E-state index in [0.717, 1.165) is 11.1 Å². The summed E-state index contributed by atoms with van der Waals surface area (Å²) in [6, 6.07) is 9.85.